The second kappa shape index (κ2) is 5.94. The Hall–Kier alpha value is -0.0400. The molecular weight excluding hydrogens is 289 g/mol. The summed E-state index contributed by atoms with van der Waals surface area (Å²) in [6.45, 7) is -2.27. The third-order valence-corrected chi connectivity index (χ3v) is 5.51. The lowest BCUT2D eigenvalue weighted by atomic mass is 10.1. The first-order valence-electron chi connectivity index (χ1n) is 5.96. The van der Waals surface area contributed by atoms with Crippen molar-refractivity contribution in [3.05, 3.63) is 10.6 Å². The summed E-state index contributed by atoms with van der Waals surface area (Å²) in [5.41, 5.74) is 6.75. The molecule has 1 aromatic rings. The van der Waals surface area contributed by atoms with Gasteiger partial charge in [-0.2, -0.15) is 0 Å². The fraction of sp³-hybridized carbons (Fsp3) is 0.700. The van der Waals surface area contributed by atoms with E-state index in [1.54, 1.807) is 11.3 Å². The van der Waals surface area contributed by atoms with Crippen LogP contribution >= 0.6 is 17.8 Å². The van der Waals surface area contributed by atoms with Gasteiger partial charge in [-0.1, -0.05) is 0 Å². The summed E-state index contributed by atoms with van der Waals surface area (Å²) < 4.78 is 0. The van der Waals surface area contributed by atoms with Gasteiger partial charge in [0, 0.05) is 23.6 Å². The maximum Gasteiger partial charge on any atom is 0.183 e. The molecule has 0 spiro atoms. The van der Waals surface area contributed by atoms with E-state index in [4.69, 9.17) is 5.73 Å². The maximum absolute atomic E-state index is 9.18. The van der Waals surface area contributed by atoms with Gasteiger partial charge in [-0.3, -0.25) is 0 Å². The minimum atomic E-state index is -3.02. The molecule has 0 saturated heterocycles. The fourth-order valence-corrected chi connectivity index (χ4v) is 4.02. The van der Waals surface area contributed by atoms with E-state index in [-0.39, 0.29) is 0 Å². The molecule has 102 valence electrons. The van der Waals surface area contributed by atoms with Crippen LogP contribution in [0.2, 0.25) is 0 Å². The van der Waals surface area contributed by atoms with Crippen molar-refractivity contribution in [2.24, 2.45) is 0 Å². The molecule has 0 fully saturated rings. The van der Waals surface area contributed by atoms with Gasteiger partial charge in [0.1, 0.15) is 0 Å². The normalized spacial score (nSPS) is 20.4. The highest BCUT2D eigenvalue weighted by Gasteiger charge is 2.19. The number of thiazole rings is 1. The van der Waals surface area contributed by atoms with Crippen LogP contribution < -0.4 is 11.1 Å². The van der Waals surface area contributed by atoms with E-state index < -0.39 is 6.49 Å². The molecule has 0 aromatic carbocycles. The van der Waals surface area contributed by atoms with Crippen LogP contribution in [0, 0.1) is 0 Å². The molecule has 18 heavy (non-hydrogen) atoms. The summed E-state index contributed by atoms with van der Waals surface area (Å²) >= 11 is 6.18. The van der Waals surface area contributed by atoms with Gasteiger partial charge in [0.05, 0.1) is 5.69 Å². The number of nitrogens with two attached hydrogens (primary N) is 1. The standard InChI is InChI=1S/C10H18N3O2PS2/c11-10-13-8-6-12-7(3-4-9(8)18-10)2-1-5-16(14,15)17/h7,12H,1-6H2,(H2,11,13)(H2,14,15,17). The Morgan fingerprint density at radius 3 is 3.06 bits per heavy atom. The van der Waals surface area contributed by atoms with Crippen molar-refractivity contribution >= 4 is 34.8 Å². The second-order valence-electron chi connectivity index (χ2n) is 4.57. The van der Waals surface area contributed by atoms with Gasteiger partial charge in [0.2, 0.25) is 0 Å². The molecule has 1 aliphatic heterocycles. The van der Waals surface area contributed by atoms with E-state index in [9.17, 15) is 9.79 Å². The molecule has 5 nitrogen and oxygen atoms in total. The number of aromatic nitrogens is 1. The molecule has 8 heteroatoms. The lowest BCUT2D eigenvalue weighted by molar-refractivity contribution is 0.445. The van der Waals surface area contributed by atoms with Crippen molar-refractivity contribution in [1.82, 2.24) is 10.3 Å². The molecule has 0 aliphatic carbocycles. The van der Waals surface area contributed by atoms with Crippen LogP contribution in [0.3, 0.4) is 0 Å². The van der Waals surface area contributed by atoms with Crippen molar-refractivity contribution in [1.29, 1.82) is 0 Å². The number of aryl methyl sites for hydroxylation is 1. The van der Waals surface area contributed by atoms with Crippen LogP contribution in [-0.4, -0.2) is 27.0 Å². The Morgan fingerprint density at radius 1 is 1.56 bits per heavy atom. The highest BCUT2D eigenvalue weighted by atomic mass is 32.5. The molecule has 0 saturated carbocycles. The molecule has 1 atom stereocenters. The molecule has 1 unspecified atom stereocenters. The minimum Gasteiger partial charge on any atom is -0.375 e. The van der Waals surface area contributed by atoms with Crippen molar-refractivity contribution in [2.45, 2.75) is 38.3 Å². The first-order valence-corrected chi connectivity index (χ1v) is 9.67. The van der Waals surface area contributed by atoms with Crippen LogP contribution in [0.15, 0.2) is 0 Å². The highest BCUT2D eigenvalue weighted by molar-refractivity contribution is 8.09. The molecule has 1 aliphatic rings. The monoisotopic (exact) mass is 307 g/mol. The van der Waals surface area contributed by atoms with Crippen molar-refractivity contribution < 1.29 is 9.79 Å². The van der Waals surface area contributed by atoms with Gasteiger partial charge < -0.3 is 20.8 Å². The summed E-state index contributed by atoms with van der Waals surface area (Å²) in [6.07, 6.45) is 4.05. The molecular formula is C10H18N3O2PS2. The second-order valence-corrected chi connectivity index (χ2v) is 9.22. The summed E-state index contributed by atoms with van der Waals surface area (Å²) in [5, 5.41) is 4.08. The smallest absolute Gasteiger partial charge is 0.183 e. The van der Waals surface area contributed by atoms with Crippen LogP contribution in [0.25, 0.3) is 0 Å². The average molecular weight is 307 g/mol. The maximum atomic E-state index is 9.18. The number of hydrogen-bond acceptors (Lipinski definition) is 5. The molecule has 0 radical (unpaired) electrons. The SMILES string of the molecule is Nc1nc2c(s1)CCC(CCCP(O)(O)=S)NC2. The summed E-state index contributed by atoms with van der Waals surface area (Å²) in [4.78, 5) is 23.9. The van der Waals surface area contributed by atoms with Gasteiger partial charge in [0.25, 0.3) is 0 Å². The van der Waals surface area contributed by atoms with Crippen LogP contribution in [0.4, 0.5) is 5.13 Å². The zero-order chi connectivity index (χ0) is 13.2. The molecule has 2 rings (SSSR count). The molecule has 0 amide bonds. The first-order chi connectivity index (χ1) is 8.44. The number of rotatable bonds is 4. The Kier molecular flexibility index (Phi) is 4.75. The highest BCUT2D eigenvalue weighted by Crippen LogP contribution is 2.36. The van der Waals surface area contributed by atoms with Gasteiger partial charge in [0.15, 0.2) is 11.6 Å². The van der Waals surface area contributed by atoms with Gasteiger partial charge in [-0.15, -0.1) is 11.3 Å². The van der Waals surface area contributed by atoms with E-state index in [0.717, 1.165) is 37.9 Å². The zero-order valence-electron chi connectivity index (χ0n) is 10.0. The number of fused-ring (bicyclic) bond motifs is 1. The predicted molar refractivity (Wildman–Crippen MR) is 78.3 cm³/mol. The van der Waals surface area contributed by atoms with E-state index in [0.29, 0.717) is 17.3 Å². The number of nitrogens with zero attached hydrogens (tertiary/aromatic N) is 1. The van der Waals surface area contributed by atoms with Crippen LogP contribution in [0.1, 0.15) is 29.8 Å². The lowest BCUT2D eigenvalue weighted by Crippen LogP contribution is -2.27. The topological polar surface area (TPSA) is 91.4 Å². The Bertz CT molecular complexity index is 434. The largest absolute Gasteiger partial charge is 0.375 e. The third-order valence-electron chi connectivity index (χ3n) is 3.07. The van der Waals surface area contributed by atoms with Gasteiger partial charge >= 0.3 is 0 Å². The van der Waals surface area contributed by atoms with Crippen LogP contribution in [0.5, 0.6) is 0 Å². The van der Waals surface area contributed by atoms with E-state index in [1.165, 1.54) is 4.88 Å². The van der Waals surface area contributed by atoms with Crippen molar-refractivity contribution in [3.63, 3.8) is 0 Å². The number of hydrogen-bond donors (Lipinski definition) is 4. The number of nitrogens with one attached hydrogen (secondary N) is 1. The fourth-order valence-electron chi connectivity index (χ4n) is 2.18. The van der Waals surface area contributed by atoms with Crippen molar-refractivity contribution in [3.8, 4) is 0 Å². The Morgan fingerprint density at radius 2 is 2.33 bits per heavy atom. The minimum absolute atomic E-state index is 0.341. The summed E-state index contributed by atoms with van der Waals surface area (Å²) in [7, 11) is 0. The Labute approximate surface area is 116 Å². The molecule has 1 aromatic heterocycles. The summed E-state index contributed by atoms with van der Waals surface area (Å²) in [5.74, 6) is 0. The average Bonchev–Trinajstić information content (AvgIpc) is 2.51. The van der Waals surface area contributed by atoms with Gasteiger partial charge in [-0.05, 0) is 37.5 Å². The molecule has 0 bridgehead atoms. The van der Waals surface area contributed by atoms with Crippen LogP contribution in [-0.2, 0) is 24.8 Å². The van der Waals surface area contributed by atoms with Crippen molar-refractivity contribution in [2.75, 3.05) is 11.9 Å². The summed E-state index contributed by atoms with van der Waals surface area (Å²) in [6, 6.07) is 0.397. The first kappa shape index (κ1) is 14.4. The quantitative estimate of drug-likeness (QED) is 0.625. The predicted octanol–water partition coefficient (Wildman–Crippen LogP) is 1.20. The zero-order valence-corrected chi connectivity index (χ0v) is 12.5. The molecule has 5 N–H and O–H groups in total. The van der Waals surface area contributed by atoms with E-state index >= 15 is 0 Å². The van der Waals surface area contributed by atoms with Gasteiger partial charge in [-0.25, -0.2) is 4.98 Å². The van der Waals surface area contributed by atoms with E-state index in [2.05, 4.69) is 22.1 Å². The number of anilines is 1. The lowest BCUT2D eigenvalue weighted by Gasteiger charge is -2.16. The number of nitrogen functional groups attached to an aromatic ring is 1. The van der Waals surface area contributed by atoms with E-state index in [1.807, 2.05) is 0 Å². The molecule has 2 heterocycles. The third kappa shape index (κ3) is 4.26. The Balaban J connectivity index is 1.81.